The quantitative estimate of drug-likeness (QED) is 0.165. The summed E-state index contributed by atoms with van der Waals surface area (Å²) in [6.45, 7) is 9.33. The van der Waals surface area contributed by atoms with Crippen molar-refractivity contribution in [1.29, 1.82) is 0 Å². The molecular weight excluding hydrogens is 663 g/mol. The number of para-hydroxylation sites is 1. The number of allylic oxidation sites excluding steroid dienone is 3. The third-order valence-electron chi connectivity index (χ3n) is 12.9. The fourth-order valence-electron chi connectivity index (χ4n) is 10.6. The molecule has 0 aliphatic heterocycles. The van der Waals surface area contributed by atoms with Crippen LogP contribution < -0.4 is 4.90 Å². The largest absolute Gasteiger partial charge is 0.310 e. The highest BCUT2D eigenvalue weighted by molar-refractivity contribution is 6.02. The van der Waals surface area contributed by atoms with E-state index in [0.717, 1.165) is 11.4 Å². The first-order chi connectivity index (χ1) is 26.9. The van der Waals surface area contributed by atoms with Crippen molar-refractivity contribution in [2.75, 3.05) is 4.90 Å². The highest BCUT2D eigenvalue weighted by atomic mass is 15.1. The van der Waals surface area contributed by atoms with Gasteiger partial charge in [-0.15, -0.1) is 5.73 Å². The maximum absolute atomic E-state index is 3.64. The zero-order valence-corrected chi connectivity index (χ0v) is 31.7. The Morgan fingerprint density at radius 2 is 1.16 bits per heavy atom. The Kier molecular flexibility index (Phi) is 6.73. The molecule has 7 aromatic rings. The molecule has 0 aromatic heterocycles. The van der Waals surface area contributed by atoms with Gasteiger partial charge in [0.15, 0.2) is 0 Å². The van der Waals surface area contributed by atoms with Gasteiger partial charge in [-0.25, -0.2) is 0 Å². The first-order valence-electron chi connectivity index (χ1n) is 19.6. The Hall–Kier alpha value is -6.40. The van der Waals surface area contributed by atoms with E-state index in [1.54, 1.807) is 0 Å². The van der Waals surface area contributed by atoms with Crippen molar-refractivity contribution in [1.82, 2.24) is 0 Å². The van der Waals surface area contributed by atoms with E-state index in [4.69, 9.17) is 0 Å². The Bertz CT molecular complexity index is 2860. The molecule has 2 unspecified atom stereocenters. The van der Waals surface area contributed by atoms with Crippen molar-refractivity contribution in [2.45, 2.75) is 38.5 Å². The van der Waals surface area contributed by atoms with Crippen LogP contribution in [0.1, 0.15) is 59.7 Å². The third-order valence-corrected chi connectivity index (χ3v) is 12.9. The van der Waals surface area contributed by atoms with Crippen LogP contribution in [0.5, 0.6) is 0 Å². The van der Waals surface area contributed by atoms with Crippen molar-refractivity contribution in [3.63, 3.8) is 0 Å². The highest BCUT2D eigenvalue weighted by Crippen LogP contribution is 2.66. The van der Waals surface area contributed by atoms with Crippen molar-refractivity contribution in [3.8, 4) is 33.4 Å². The van der Waals surface area contributed by atoms with Gasteiger partial charge < -0.3 is 4.90 Å². The molecule has 0 bridgehead atoms. The Labute approximate surface area is 324 Å². The lowest BCUT2D eigenvalue weighted by molar-refractivity contribution is 0.660. The summed E-state index contributed by atoms with van der Waals surface area (Å²) in [6.07, 6.45) is 4.53. The van der Waals surface area contributed by atoms with Gasteiger partial charge in [-0.05, 0) is 110 Å². The van der Waals surface area contributed by atoms with Gasteiger partial charge in [-0.3, -0.25) is 0 Å². The van der Waals surface area contributed by atoms with Crippen molar-refractivity contribution in [2.24, 2.45) is 5.92 Å². The molecule has 11 rings (SSSR count). The summed E-state index contributed by atoms with van der Waals surface area (Å²) in [7, 11) is 0. The standard InChI is InChI=1S/C54H41N/c1-34-28-30-43-48(32-34)54(46-25-14-16-35(2)51(43)46)45-24-12-9-21-40(45)42-22-15-27-50(52(42)54)55(49-26-13-10-19-38(49)36-17-6-5-7-18-36)37-29-31-41-39-20-8-11-23-44(39)53(3,4)47(41)33-37/h5-13,15-33,35H,1-4H3. The van der Waals surface area contributed by atoms with Gasteiger partial charge in [0.25, 0.3) is 0 Å². The van der Waals surface area contributed by atoms with Crippen LogP contribution in [0, 0.1) is 12.8 Å². The van der Waals surface area contributed by atoms with Crippen LogP contribution in [-0.2, 0) is 10.8 Å². The zero-order valence-electron chi connectivity index (χ0n) is 31.7. The molecule has 0 saturated carbocycles. The third kappa shape index (κ3) is 4.25. The monoisotopic (exact) mass is 703 g/mol. The van der Waals surface area contributed by atoms with E-state index < -0.39 is 5.41 Å². The Morgan fingerprint density at radius 1 is 0.527 bits per heavy atom. The summed E-state index contributed by atoms with van der Waals surface area (Å²) in [4.78, 5) is 2.58. The molecular formula is C54H41N. The van der Waals surface area contributed by atoms with E-state index in [1.807, 2.05) is 0 Å². The zero-order chi connectivity index (χ0) is 37.1. The second kappa shape index (κ2) is 11.6. The molecule has 1 heteroatoms. The molecule has 0 amide bonds. The first-order valence-corrected chi connectivity index (χ1v) is 19.6. The average molecular weight is 704 g/mol. The van der Waals surface area contributed by atoms with Crippen LogP contribution >= 0.6 is 0 Å². The molecule has 55 heavy (non-hydrogen) atoms. The van der Waals surface area contributed by atoms with Crippen molar-refractivity contribution in [3.05, 3.63) is 220 Å². The molecule has 4 aliphatic rings. The molecule has 1 nitrogen and oxygen atoms in total. The van der Waals surface area contributed by atoms with Crippen molar-refractivity contribution >= 4 is 22.6 Å². The molecule has 0 radical (unpaired) electrons. The molecule has 262 valence electrons. The lowest BCUT2D eigenvalue weighted by Crippen LogP contribution is -2.29. The topological polar surface area (TPSA) is 3.24 Å². The summed E-state index contributed by atoms with van der Waals surface area (Å²) in [5, 5.41) is 0. The van der Waals surface area contributed by atoms with Gasteiger partial charge in [-0.2, -0.15) is 0 Å². The van der Waals surface area contributed by atoms with Gasteiger partial charge in [0.1, 0.15) is 0 Å². The molecule has 2 atom stereocenters. The summed E-state index contributed by atoms with van der Waals surface area (Å²) in [5.41, 5.74) is 26.4. The number of hydrogen-bond donors (Lipinski definition) is 0. The number of fused-ring (bicyclic) bond motifs is 12. The van der Waals surface area contributed by atoms with Crippen LogP contribution in [-0.4, -0.2) is 0 Å². The summed E-state index contributed by atoms with van der Waals surface area (Å²) in [5.74, 6) is 0.250. The minimum absolute atomic E-state index is 0.139. The van der Waals surface area contributed by atoms with Crippen LogP contribution in [0.4, 0.5) is 17.1 Å². The van der Waals surface area contributed by atoms with E-state index >= 15 is 0 Å². The maximum atomic E-state index is 3.64. The number of anilines is 3. The molecule has 1 spiro atoms. The van der Waals surface area contributed by atoms with Crippen LogP contribution in [0.25, 0.3) is 39.0 Å². The van der Waals surface area contributed by atoms with Crippen LogP contribution in [0.15, 0.2) is 181 Å². The second-order valence-electron chi connectivity index (χ2n) is 16.3. The molecule has 7 aromatic carbocycles. The van der Waals surface area contributed by atoms with Gasteiger partial charge in [0, 0.05) is 28.1 Å². The van der Waals surface area contributed by atoms with E-state index in [2.05, 4.69) is 208 Å². The highest BCUT2D eigenvalue weighted by Gasteiger charge is 2.55. The van der Waals surface area contributed by atoms with Crippen molar-refractivity contribution < 1.29 is 0 Å². The lowest BCUT2D eigenvalue weighted by Gasteiger charge is -2.37. The minimum atomic E-state index is -0.513. The number of hydrogen-bond acceptors (Lipinski definition) is 1. The number of aryl methyl sites for hydroxylation is 1. The average Bonchev–Trinajstić information content (AvgIpc) is 3.78. The molecule has 0 fully saturated rings. The van der Waals surface area contributed by atoms with E-state index in [0.29, 0.717) is 0 Å². The van der Waals surface area contributed by atoms with Crippen LogP contribution in [0.2, 0.25) is 0 Å². The SMILES string of the molecule is Cc1ccc2c(c1)C1(C3=C2C(C)C=C=C3)c2ccccc2-c2cccc(N(c3ccc4c(c3)C(C)(C)c3ccccc3-4)c3ccccc3-c3ccccc3)c21. The number of nitrogens with zero attached hydrogens (tertiary/aromatic N) is 1. The molecule has 0 N–H and O–H groups in total. The fourth-order valence-corrected chi connectivity index (χ4v) is 10.6. The van der Waals surface area contributed by atoms with E-state index in [9.17, 15) is 0 Å². The molecule has 0 saturated heterocycles. The van der Waals surface area contributed by atoms with E-state index in [1.165, 1.54) is 89.2 Å². The lowest BCUT2D eigenvalue weighted by atomic mass is 9.68. The number of benzene rings is 7. The second-order valence-corrected chi connectivity index (χ2v) is 16.3. The minimum Gasteiger partial charge on any atom is -0.310 e. The first kappa shape index (κ1) is 32.1. The van der Waals surface area contributed by atoms with Gasteiger partial charge in [0.05, 0.1) is 16.8 Å². The maximum Gasteiger partial charge on any atom is 0.0749 e. The van der Waals surface area contributed by atoms with Gasteiger partial charge in [-0.1, -0.05) is 160 Å². The molecule has 4 aliphatic carbocycles. The predicted molar refractivity (Wildman–Crippen MR) is 229 cm³/mol. The smallest absolute Gasteiger partial charge is 0.0749 e. The Balaban J connectivity index is 1.26. The summed E-state index contributed by atoms with van der Waals surface area (Å²) >= 11 is 0. The molecule has 0 heterocycles. The van der Waals surface area contributed by atoms with Crippen LogP contribution in [0.3, 0.4) is 0 Å². The summed E-state index contributed by atoms with van der Waals surface area (Å²) < 4.78 is 0. The normalized spacial score (nSPS) is 18.8. The Morgan fingerprint density at radius 3 is 1.98 bits per heavy atom. The summed E-state index contributed by atoms with van der Waals surface area (Å²) in [6, 6.07) is 59.3. The number of rotatable bonds is 4. The van der Waals surface area contributed by atoms with E-state index in [-0.39, 0.29) is 11.3 Å². The predicted octanol–water partition coefficient (Wildman–Crippen LogP) is 13.9. The fraction of sp³-hybridized carbons (Fsp3) is 0.130. The van der Waals surface area contributed by atoms with Gasteiger partial charge >= 0.3 is 0 Å². The van der Waals surface area contributed by atoms with Gasteiger partial charge in [0.2, 0.25) is 0 Å².